The molecule has 2 N–H and O–H groups in total. The van der Waals surface area contributed by atoms with Gasteiger partial charge in [0.25, 0.3) is 0 Å². The van der Waals surface area contributed by atoms with Crippen LogP contribution in [0, 0.1) is 6.92 Å². The predicted molar refractivity (Wildman–Crippen MR) is 62.3 cm³/mol. The van der Waals surface area contributed by atoms with Crippen molar-refractivity contribution in [3.8, 4) is 0 Å². The number of benzene rings is 1. The average Bonchev–Trinajstić information content (AvgIpc) is 2.10. The molecule has 0 amide bonds. The number of nitrogens with one attached hydrogen (secondary N) is 1. The molecule has 1 rings (SSSR count). The number of aryl methyl sites for hydroxylation is 1. The third-order valence-electron chi connectivity index (χ3n) is 2.01. The lowest BCUT2D eigenvalue weighted by Crippen LogP contribution is -2.23. The molecule has 3 heteroatoms. The van der Waals surface area contributed by atoms with Gasteiger partial charge in [-0.1, -0.05) is 28.1 Å². The van der Waals surface area contributed by atoms with Gasteiger partial charge in [0, 0.05) is 17.6 Å². The Bertz CT molecular complexity index is 299. The number of rotatable bonds is 4. The molecule has 0 aliphatic carbocycles. The minimum absolute atomic E-state index is 0.288. The van der Waals surface area contributed by atoms with Crippen molar-refractivity contribution in [2.75, 3.05) is 6.54 Å². The number of halogens is 1. The van der Waals surface area contributed by atoms with Crippen molar-refractivity contribution in [2.24, 2.45) is 0 Å². The Kier molecular flexibility index (Phi) is 4.58. The van der Waals surface area contributed by atoms with Crippen LogP contribution in [0.3, 0.4) is 0 Å². The van der Waals surface area contributed by atoms with Crippen molar-refractivity contribution >= 4 is 15.9 Å². The molecule has 2 nitrogen and oxygen atoms in total. The molecule has 1 atom stereocenters. The molecule has 78 valence electrons. The molecule has 1 aromatic rings. The molecule has 0 aliphatic rings. The van der Waals surface area contributed by atoms with Crippen LogP contribution in [0.5, 0.6) is 0 Å². The van der Waals surface area contributed by atoms with Gasteiger partial charge in [0.1, 0.15) is 0 Å². The molecule has 0 saturated heterocycles. The van der Waals surface area contributed by atoms with Crippen molar-refractivity contribution in [1.82, 2.24) is 5.32 Å². The van der Waals surface area contributed by atoms with Gasteiger partial charge in [-0.05, 0) is 31.0 Å². The SMILES string of the molecule is Cc1ccc(CNC[C@@H](C)O)cc1Br. The van der Waals surface area contributed by atoms with Gasteiger partial charge in [-0.3, -0.25) is 0 Å². The first-order chi connectivity index (χ1) is 6.59. The summed E-state index contributed by atoms with van der Waals surface area (Å²) in [5, 5.41) is 12.2. The number of hydrogen-bond acceptors (Lipinski definition) is 2. The van der Waals surface area contributed by atoms with E-state index in [9.17, 15) is 0 Å². The minimum Gasteiger partial charge on any atom is -0.392 e. The third kappa shape index (κ3) is 3.78. The zero-order valence-electron chi connectivity index (χ0n) is 8.55. The summed E-state index contributed by atoms with van der Waals surface area (Å²) in [6.45, 7) is 5.27. The fourth-order valence-corrected chi connectivity index (χ4v) is 1.60. The fraction of sp³-hybridized carbons (Fsp3) is 0.455. The van der Waals surface area contributed by atoms with Crippen molar-refractivity contribution in [3.63, 3.8) is 0 Å². The Morgan fingerprint density at radius 2 is 2.21 bits per heavy atom. The van der Waals surface area contributed by atoms with Crippen LogP contribution < -0.4 is 5.32 Å². The quantitative estimate of drug-likeness (QED) is 0.868. The highest BCUT2D eigenvalue weighted by Crippen LogP contribution is 2.17. The highest BCUT2D eigenvalue weighted by atomic mass is 79.9. The standard InChI is InChI=1S/C11H16BrNO/c1-8-3-4-10(5-11(8)12)7-13-6-9(2)14/h3-5,9,13-14H,6-7H2,1-2H3/t9-/m1/s1. The smallest absolute Gasteiger partial charge is 0.0636 e. The molecule has 0 spiro atoms. The number of aliphatic hydroxyl groups is 1. The lowest BCUT2D eigenvalue weighted by atomic mass is 10.1. The van der Waals surface area contributed by atoms with Crippen LogP contribution >= 0.6 is 15.9 Å². The summed E-state index contributed by atoms with van der Waals surface area (Å²) in [4.78, 5) is 0. The Labute approximate surface area is 93.5 Å². The zero-order chi connectivity index (χ0) is 10.6. The van der Waals surface area contributed by atoms with Gasteiger partial charge in [0.2, 0.25) is 0 Å². The van der Waals surface area contributed by atoms with Crippen LogP contribution in [0.25, 0.3) is 0 Å². The molecule has 0 unspecified atom stereocenters. The van der Waals surface area contributed by atoms with Crippen molar-refractivity contribution in [1.29, 1.82) is 0 Å². The van der Waals surface area contributed by atoms with Gasteiger partial charge in [-0.25, -0.2) is 0 Å². The van der Waals surface area contributed by atoms with Crippen LogP contribution in [0.15, 0.2) is 22.7 Å². The first kappa shape index (κ1) is 11.7. The summed E-state index contributed by atoms with van der Waals surface area (Å²) in [5.41, 5.74) is 2.47. The second-order valence-corrected chi connectivity index (χ2v) is 4.42. The van der Waals surface area contributed by atoms with E-state index in [1.54, 1.807) is 6.92 Å². The Morgan fingerprint density at radius 3 is 2.79 bits per heavy atom. The molecule has 0 heterocycles. The van der Waals surface area contributed by atoms with E-state index in [4.69, 9.17) is 5.11 Å². The summed E-state index contributed by atoms with van der Waals surface area (Å²) in [6.07, 6.45) is -0.288. The Hall–Kier alpha value is -0.380. The first-order valence-corrected chi connectivity index (χ1v) is 5.52. The molecular formula is C11H16BrNO. The molecule has 0 aromatic heterocycles. The topological polar surface area (TPSA) is 32.3 Å². The summed E-state index contributed by atoms with van der Waals surface area (Å²) >= 11 is 3.49. The lowest BCUT2D eigenvalue weighted by Gasteiger charge is -2.07. The molecule has 0 saturated carbocycles. The van der Waals surface area contributed by atoms with Crippen molar-refractivity contribution in [3.05, 3.63) is 33.8 Å². The maximum Gasteiger partial charge on any atom is 0.0636 e. The van der Waals surface area contributed by atoms with E-state index in [2.05, 4.69) is 46.4 Å². The summed E-state index contributed by atoms with van der Waals surface area (Å²) in [7, 11) is 0. The third-order valence-corrected chi connectivity index (χ3v) is 2.86. The number of aliphatic hydroxyl groups excluding tert-OH is 1. The van der Waals surface area contributed by atoms with E-state index in [0.717, 1.165) is 11.0 Å². The van der Waals surface area contributed by atoms with E-state index >= 15 is 0 Å². The molecule has 1 aromatic carbocycles. The maximum atomic E-state index is 9.06. The van der Waals surface area contributed by atoms with Crippen LogP contribution in [0.4, 0.5) is 0 Å². The Morgan fingerprint density at radius 1 is 1.50 bits per heavy atom. The van der Waals surface area contributed by atoms with E-state index in [1.807, 2.05) is 0 Å². The van der Waals surface area contributed by atoms with Crippen LogP contribution in [-0.4, -0.2) is 17.8 Å². The van der Waals surface area contributed by atoms with E-state index in [-0.39, 0.29) is 6.10 Å². The second kappa shape index (κ2) is 5.49. The summed E-state index contributed by atoms with van der Waals surface area (Å²) in [5.74, 6) is 0. The highest BCUT2D eigenvalue weighted by Gasteiger charge is 1.98. The minimum atomic E-state index is -0.288. The van der Waals surface area contributed by atoms with E-state index in [0.29, 0.717) is 6.54 Å². The highest BCUT2D eigenvalue weighted by molar-refractivity contribution is 9.10. The van der Waals surface area contributed by atoms with Crippen LogP contribution in [0.1, 0.15) is 18.1 Å². The van der Waals surface area contributed by atoms with Crippen LogP contribution in [-0.2, 0) is 6.54 Å². The van der Waals surface area contributed by atoms with E-state index in [1.165, 1.54) is 11.1 Å². The van der Waals surface area contributed by atoms with Gasteiger partial charge >= 0.3 is 0 Å². The van der Waals surface area contributed by atoms with Gasteiger partial charge in [-0.15, -0.1) is 0 Å². The molecular weight excluding hydrogens is 242 g/mol. The van der Waals surface area contributed by atoms with Gasteiger partial charge in [-0.2, -0.15) is 0 Å². The molecule has 0 aliphatic heterocycles. The molecule has 0 radical (unpaired) electrons. The lowest BCUT2D eigenvalue weighted by molar-refractivity contribution is 0.191. The van der Waals surface area contributed by atoms with Gasteiger partial charge < -0.3 is 10.4 Å². The van der Waals surface area contributed by atoms with Gasteiger partial charge in [0.05, 0.1) is 6.10 Å². The number of hydrogen-bond donors (Lipinski definition) is 2. The van der Waals surface area contributed by atoms with E-state index < -0.39 is 0 Å². The molecule has 0 bridgehead atoms. The summed E-state index contributed by atoms with van der Waals surface area (Å²) < 4.78 is 1.13. The second-order valence-electron chi connectivity index (χ2n) is 3.56. The Balaban J connectivity index is 2.47. The van der Waals surface area contributed by atoms with Crippen molar-refractivity contribution in [2.45, 2.75) is 26.5 Å². The monoisotopic (exact) mass is 257 g/mol. The van der Waals surface area contributed by atoms with Gasteiger partial charge in [0.15, 0.2) is 0 Å². The first-order valence-electron chi connectivity index (χ1n) is 4.73. The maximum absolute atomic E-state index is 9.06. The molecule has 14 heavy (non-hydrogen) atoms. The van der Waals surface area contributed by atoms with Crippen molar-refractivity contribution < 1.29 is 5.11 Å². The zero-order valence-corrected chi connectivity index (χ0v) is 10.1. The fourth-order valence-electron chi connectivity index (χ4n) is 1.17. The molecule has 0 fully saturated rings. The largest absolute Gasteiger partial charge is 0.392 e. The van der Waals surface area contributed by atoms with Crippen LogP contribution in [0.2, 0.25) is 0 Å². The normalized spacial score (nSPS) is 12.9. The summed E-state index contributed by atoms with van der Waals surface area (Å²) in [6, 6.07) is 6.28. The predicted octanol–water partition coefficient (Wildman–Crippen LogP) is 2.23. The average molecular weight is 258 g/mol.